The molecule has 0 aliphatic heterocycles. The lowest BCUT2D eigenvalue weighted by Gasteiger charge is -2.35. The minimum Gasteiger partial charge on any atom is -0.388 e. The Hall–Kier alpha value is -4.58. The summed E-state index contributed by atoms with van der Waals surface area (Å²) in [7, 11) is -7.90. The van der Waals surface area contributed by atoms with Gasteiger partial charge in [-0.1, -0.05) is 88.4 Å². The van der Waals surface area contributed by atoms with Gasteiger partial charge in [-0.25, -0.2) is 26.3 Å². The van der Waals surface area contributed by atoms with E-state index in [4.69, 9.17) is 0 Å². The number of sulfonamides is 2. The lowest BCUT2D eigenvalue weighted by molar-refractivity contribution is -0.129. The summed E-state index contributed by atoms with van der Waals surface area (Å²) in [6, 6.07) is 20.0. The van der Waals surface area contributed by atoms with Crippen LogP contribution in [0.4, 0.5) is 0 Å². The maximum atomic E-state index is 14.0. The number of carbonyl (C=O) groups is 2. The average Bonchev–Trinajstić information content (AvgIpc) is 3.21. The van der Waals surface area contributed by atoms with E-state index >= 15 is 0 Å². The highest BCUT2D eigenvalue weighted by molar-refractivity contribution is 7.89. The molecule has 0 bridgehead atoms. The molecule has 0 saturated heterocycles. The number of hydrogen-bond donors (Lipinski definition) is 6. The quantitative estimate of drug-likeness (QED) is 0.0641. The molecular weight excluding hydrogens is 781 g/mol. The number of nitrogens with one attached hydrogen (secondary N) is 4. The molecule has 0 saturated carbocycles. The molecule has 0 radical (unpaired) electrons. The molecule has 0 spiro atoms. The molecule has 314 valence electrons. The third kappa shape index (κ3) is 15.0. The first-order chi connectivity index (χ1) is 27.5. The molecule has 0 fully saturated rings. The Balaban J connectivity index is 1.57. The van der Waals surface area contributed by atoms with Gasteiger partial charge in [-0.2, -0.15) is 0 Å². The highest BCUT2D eigenvalue weighted by Crippen LogP contribution is 2.17. The maximum absolute atomic E-state index is 14.0. The summed E-state index contributed by atoms with van der Waals surface area (Å²) in [4.78, 5) is 35.8. The topological polar surface area (TPSA) is 217 Å². The van der Waals surface area contributed by atoms with Crippen molar-refractivity contribution in [1.82, 2.24) is 30.0 Å². The molecule has 2 heterocycles. The smallest absolute Gasteiger partial charge is 0.238 e. The fourth-order valence-corrected chi connectivity index (χ4v) is 9.14. The summed E-state index contributed by atoms with van der Waals surface area (Å²) in [6.07, 6.45) is 3.38. The number of aliphatic hydroxyl groups excluding tert-OH is 2. The zero-order valence-electron chi connectivity index (χ0n) is 33.3. The summed E-state index contributed by atoms with van der Waals surface area (Å²) in [6.45, 7) is 6.77. The number of benzene rings is 2. The lowest BCUT2D eigenvalue weighted by atomic mass is 9.90. The Morgan fingerprint density at radius 1 is 0.534 bits per heavy atom. The highest BCUT2D eigenvalue weighted by Gasteiger charge is 2.38. The molecule has 58 heavy (non-hydrogen) atoms. The lowest BCUT2D eigenvalue weighted by Crippen LogP contribution is -2.61. The van der Waals surface area contributed by atoms with Gasteiger partial charge in [-0.15, -0.1) is 0 Å². The van der Waals surface area contributed by atoms with E-state index in [1.807, 2.05) is 12.1 Å². The number of aryl methyl sites for hydroxylation is 2. The van der Waals surface area contributed by atoms with Gasteiger partial charge in [0, 0.05) is 24.8 Å². The monoisotopic (exact) mass is 836 g/mol. The number of aromatic nitrogens is 2. The summed E-state index contributed by atoms with van der Waals surface area (Å²) >= 11 is 0. The molecule has 2 amide bonds. The van der Waals surface area contributed by atoms with Gasteiger partial charge < -0.3 is 20.8 Å². The molecule has 0 aliphatic carbocycles. The van der Waals surface area contributed by atoms with E-state index in [2.05, 4.69) is 30.0 Å². The predicted molar refractivity (Wildman–Crippen MR) is 223 cm³/mol. The molecular formula is C42H56N6O8S2. The second-order valence-corrected chi connectivity index (χ2v) is 18.9. The van der Waals surface area contributed by atoms with Crippen LogP contribution in [0.15, 0.2) is 110 Å². The number of hydrogen-bond acceptors (Lipinski definition) is 10. The van der Waals surface area contributed by atoms with Crippen molar-refractivity contribution in [1.29, 1.82) is 0 Å². The van der Waals surface area contributed by atoms with Gasteiger partial charge in [0.25, 0.3) is 0 Å². The van der Waals surface area contributed by atoms with Crippen LogP contribution in [0.25, 0.3) is 0 Å². The van der Waals surface area contributed by atoms with Gasteiger partial charge in [-0.05, 0) is 84.0 Å². The number of carbonyl (C=O) groups excluding carboxylic acids is 2. The van der Waals surface area contributed by atoms with E-state index in [1.54, 1.807) is 125 Å². The highest BCUT2D eigenvalue weighted by atomic mass is 32.2. The minimum absolute atomic E-state index is 0.0440. The first-order valence-electron chi connectivity index (χ1n) is 19.4. The van der Waals surface area contributed by atoms with Crippen LogP contribution in [0.2, 0.25) is 0 Å². The van der Waals surface area contributed by atoms with Gasteiger partial charge in [0.05, 0.1) is 23.6 Å². The fourth-order valence-electron chi connectivity index (χ4n) is 6.36. The van der Waals surface area contributed by atoms with E-state index in [0.29, 0.717) is 11.1 Å². The molecule has 4 aromatic rings. The standard InChI is InChI=1S/C42H56N6O8S2/c1-29(2)37(47-57(53,54)25-19-31-15-21-43-22-16-31)41(51)45-35(27-33-11-7-5-8-12-33)39(49)40(50)36(28-34-13-9-6-10-14-34)46-42(52)38(30(3)4)48-58(55,56)26-20-32-17-23-44-24-18-32/h5-18,21-24,29-30,35-40,47-50H,19-20,25-28H2,1-4H3,(H,45,51)(H,46,52)/t35-,36-,37-,38-,39-,40+/m0/s1. The number of aliphatic hydroxyl groups is 2. The van der Waals surface area contributed by atoms with Crippen molar-refractivity contribution in [3.63, 3.8) is 0 Å². The Morgan fingerprint density at radius 3 is 1.17 bits per heavy atom. The molecule has 2 aromatic heterocycles. The van der Waals surface area contributed by atoms with Crippen LogP contribution in [0.3, 0.4) is 0 Å². The summed E-state index contributed by atoms with van der Waals surface area (Å²) in [5.41, 5.74) is 2.95. The van der Waals surface area contributed by atoms with Crippen molar-refractivity contribution in [2.24, 2.45) is 11.8 Å². The van der Waals surface area contributed by atoms with Crippen LogP contribution in [0.5, 0.6) is 0 Å². The Kier molecular flexibility index (Phi) is 17.5. The normalized spacial score (nSPS) is 15.2. The van der Waals surface area contributed by atoms with Crippen molar-refractivity contribution in [2.45, 2.75) is 89.8 Å². The SMILES string of the molecule is CC(C)[C@H](NS(=O)(=O)CCc1ccncc1)C(=O)N[C@@H](Cc1ccccc1)[C@H](O)[C@H](O)[C@H](Cc1ccccc1)NC(=O)[C@@H](NS(=O)(=O)CCc1ccncc1)C(C)C. The third-order valence-electron chi connectivity index (χ3n) is 9.76. The largest absolute Gasteiger partial charge is 0.388 e. The van der Waals surface area contributed by atoms with Gasteiger partial charge in [0.15, 0.2) is 0 Å². The van der Waals surface area contributed by atoms with Crippen LogP contribution in [-0.2, 0) is 55.3 Å². The van der Waals surface area contributed by atoms with E-state index in [-0.39, 0.29) is 37.2 Å². The van der Waals surface area contributed by atoms with E-state index in [9.17, 15) is 36.6 Å². The Morgan fingerprint density at radius 2 is 0.862 bits per heavy atom. The zero-order chi connectivity index (χ0) is 42.3. The van der Waals surface area contributed by atoms with Gasteiger partial charge in [0.2, 0.25) is 31.9 Å². The van der Waals surface area contributed by atoms with Crippen LogP contribution in [-0.4, -0.2) is 96.7 Å². The van der Waals surface area contributed by atoms with Crippen LogP contribution < -0.4 is 20.1 Å². The summed E-state index contributed by atoms with van der Waals surface area (Å²) in [5.74, 6) is -2.97. The van der Waals surface area contributed by atoms with Gasteiger partial charge >= 0.3 is 0 Å². The zero-order valence-corrected chi connectivity index (χ0v) is 34.9. The maximum Gasteiger partial charge on any atom is 0.238 e. The van der Waals surface area contributed by atoms with Crippen LogP contribution in [0.1, 0.15) is 49.9 Å². The van der Waals surface area contributed by atoms with E-state index in [0.717, 1.165) is 11.1 Å². The predicted octanol–water partition coefficient (Wildman–Crippen LogP) is 2.33. The second kappa shape index (κ2) is 22.0. The van der Waals surface area contributed by atoms with Crippen LogP contribution >= 0.6 is 0 Å². The molecule has 4 rings (SSSR count). The molecule has 6 N–H and O–H groups in total. The van der Waals surface area contributed by atoms with Gasteiger partial charge in [-0.3, -0.25) is 19.6 Å². The number of pyridine rings is 2. The Bertz CT molecular complexity index is 1930. The summed E-state index contributed by atoms with van der Waals surface area (Å²) in [5, 5.41) is 29.5. The fraction of sp³-hybridized carbons (Fsp3) is 0.429. The van der Waals surface area contributed by atoms with E-state index < -0.39 is 80.1 Å². The average molecular weight is 837 g/mol. The minimum atomic E-state index is -3.95. The number of nitrogens with zero attached hydrogens (tertiary/aromatic N) is 2. The van der Waals surface area contributed by atoms with Crippen molar-refractivity contribution in [3.05, 3.63) is 132 Å². The molecule has 14 nitrogen and oxygen atoms in total. The van der Waals surface area contributed by atoms with Crippen molar-refractivity contribution >= 4 is 31.9 Å². The van der Waals surface area contributed by atoms with Crippen LogP contribution in [0, 0.1) is 11.8 Å². The third-order valence-corrected chi connectivity index (χ3v) is 12.5. The van der Waals surface area contributed by atoms with Crippen molar-refractivity contribution < 1.29 is 36.6 Å². The van der Waals surface area contributed by atoms with Crippen molar-refractivity contribution in [3.8, 4) is 0 Å². The van der Waals surface area contributed by atoms with Gasteiger partial charge in [0.1, 0.15) is 24.3 Å². The Labute approximate surface area is 342 Å². The molecule has 0 aliphatic rings. The van der Waals surface area contributed by atoms with Crippen molar-refractivity contribution in [2.75, 3.05) is 11.5 Å². The molecule has 6 atom stereocenters. The second-order valence-electron chi connectivity index (χ2n) is 15.1. The first kappa shape index (κ1) is 46.1. The molecule has 16 heteroatoms. The number of rotatable bonds is 23. The molecule has 2 aromatic carbocycles. The summed E-state index contributed by atoms with van der Waals surface area (Å²) < 4.78 is 57.9. The number of amides is 2. The molecule has 0 unspecified atom stereocenters. The van der Waals surface area contributed by atoms with E-state index in [1.165, 1.54) is 0 Å². The first-order valence-corrected chi connectivity index (χ1v) is 22.7.